The molecule has 0 bridgehead atoms. The summed E-state index contributed by atoms with van der Waals surface area (Å²) in [4.78, 5) is 45.8. The Morgan fingerprint density at radius 2 is 1.42 bits per heavy atom. The number of rotatable bonds is 3. The van der Waals surface area contributed by atoms with Crippen molar-refractivity contribution in [2.45, 2.75) is 0 Å². The van der Waals surface area contributed by atoms with Crippen molar-refractivity contribution in [3.8, 4) is 12.3 Å². The van der Waals surface area contributed by atoms with Gasteiger partial charge in [-0.25, -0.2) is 14.6 Å². The molecule has 33 heavy (non-hydrogen) atoms. The zero-order chi connectivity index (χ0) is 23.1. The molecule has 0 saturated heterocycles. The van der Waals surface area contributed by atoms with Crippen LogP contribution >= 0.6 is 0 Å². The average Bonchev–Trinajstić information content (AvgIpc) is 3.33. The number of hydrogen-bond acceptors (Lipinski definition) is 7. The molecule has 0 aliphatic carbocycles. The van der Waals surface area contributed by atoms with Gasteiger partial charge in [-0.3, -0.25) is 9.79 Å². The first-order valence-corrected chi connectivity index (χ1v) is 9.88. The number of carbonyl (C=O) groups excluding carboxylic acids is 3. The number of fused-ring (bicyclic) bond motifs is 2. The molecule has 3 aromatic rings. The third kappa shape index (κ3) is 3.40. The van der Waals surface area contributed by atoms with Gasteiger partial charge in [-0.2, -0.15) is 0 Å². The first kappa shape index (κ1) is 20.1. The van der Waals surface area contributed by atoms with Crippen molar-refractivity contribution in [1.82, 2.24) is 0 Å². The predicted octanol–water partition coefficient (Wildman–Crippen LogP) is 3.69. The largest absolute Gasteiger partial charge is 0.404 e. The van der Waals surface area contributed by atoms with Crippen molar-refractivity contribution in [2.24, 2.45) is 9.98 Å². The summed E-state index contributed by atoms with van der Waals surface area (Å²) in [6, 6.07) is 16.2. The van der Waals surface area contributed by atoms with Gasteiger partial charge in [0.1, 0.15) is 0 Å². The summed E-state index contributed by atoms with van der Waals surface area (Å²) in [5.74, 6) is 1.43. The number of hydrogen-bond donors (Lipinski definition) is 0. The van der Waals surface area contributed by atoms with E-state index in [2.05, 4.69) is 15.9 Å². The SMILES string of the molecule is C#Cc1cccc(/N=C2\OC(=O)c3ccc(C(=O)c4ccc5c(c4)/C(=N/C)OC5=O)cc32)c1. The molecule has 0 radical (unpaired) electrons. The highest BCUT2D eigenvalue weighted by Gasteiger charge is 2.31. The highest BCUT2D eigenvalue weighted by atomic mass is 16.6. The Balaban J connectivity index is 1.54. The molecular formula is C26H14N2O5. The Morgan fingerprint density at radius 1 is 0.818 bits per heavy atom. The minimum absolute atomic E-state index is 0.0900. The second-order valence-electron chi connectivity index (χ2n) is 7.27. The van der Waals surface area contributed by atoms with Crippen LogP contribution in [0.1, 0.15) is 53.3 Å². The third-order valence-electron chi connectivity index (χ3n) is 5.29. The van der Waals surface area contributed by atoms with Gasteiger partial charge in [-0.1, -0.05) is 24.1 Å². The summed E-state index contributed by atoms with van der Waals surface area (Å²) in [5.41, 5.74) is 3.37. The highest BCUT2D eigenvalue weighted by Crippen LogP contribution is 2.27. The van der Waals surface area contributed by atoms with Crippen LogP contribution in [0.5, 0.6) is 0 Å². The van der Waals surface area contributed by atoms with Crippen molar-refractivity contribution in [1.29, 1.82) is 0 Å². The van der Waals surface area contributed by atoms with Crippen molar-refractivity contribution in [3.63, 3.8) is 0 Å². The van der Waals surface area contributed by atoms with E-state index in [0.717, 1.165) is 0 Å². The maximum Gasteiger partial charge on any atom is 0.345 e. The van der Waals surface area contributed by atoms with Gasteiger partial charge in [0.05, 0.1) is 27.9 Å². The summed E-state index contributed by atoms with van der Waals surface area (Å²) in [6.07, 6.45) is 5.44. The van der Waals surface area contributed by atoms with Crippen molar-refractivity contribution in [2.75, 3.05) is 7.05 Å². The Bertz CT molecular complexity index is 1490. The fourth-order valence-electron chi connectivity index (χ4n) is 3.67. The van der Waals surface area contributed by atoms with Crippen molar-refractivity contribution in [3.05, 3.63) is 99.6 Å². The molecule has 0 N–H and O–H groups in total. The van der Waals surface area contributed by atoms with E-state index in [1.165, 1.54) is 19.2 Å². The van der Waals surface area contributed by atoms with E-state index in [1.807, 2.05) is 0 Å². The van der Waals surface area contributed by atoms with E-state index in [9.17, 15) is 14.4 Å². The maximum absolute atomic E-state index is 13.2. The molecule has 0 saturated carbocycles. The van der Waals surface area contributed by atoms with Crippen molar-refractivity contribution >= 4 is 35.2 Å². The average molecular weight is 434 g/mol. The molecule has 2 aliphatic heterocycles. The number of ether oxygens (including phenoxy) is 2. The van der Waals surface area contributed by atoms with Crippen LogP contribution in [0.4, 0.5) is 5.69 Å². The number of cyclic esters (lactones) is 2. The molecule has 0 atom stereocenters. The Morgan fingerprint density at radius 3 is 2.03 bits per heavy atom. The number of carbonyl (C=O) groups is 3. The predicted molar refractivity (Wildman–Crippen MR) is 120 cm³/mol. The quantitative estimate of drug-likeness (QED) is 0.356. The van der Waals surface area contributed by atoms with Crippen LogP contribution in [-0.2, 0) is 9.47 Å². The number of terminal acetylenes is 1. The molecule has 2 aliphatic rings. The molecule has 0 amide bonds. The zero-order valence-corrected chi connectivity index (χ0v) is 17.3. The monoisotopic (exact) mass is 434 g/mol. The van der Waals surface area contributed by atoms with Gasteiger partial charge in [-0.15, -0.1) is 6.42 Å². The normalized spacial score (nSPS) is 16.2. The summed E-state index contributed by atoms with van der Waals surface area (Å²) >= 11 is 0. The number of benzene rings is 3. The molecule has 158 valence electrons. The Labute approximate surface area is 188 Å². The van der Waals surface area contributed by atoms with Crippen LogP contribution in [0.3, 0.4) is 0 Å². The third-order valence-corrected chi connectivity index (χ3v) is 5.29. The maximum atomic E-state index is 13.2. The van der Waals surface area contributed by atoms with Gasteiger partial charge < -0.3 is 9.47 Å². The smallest absolute Gasteiger partial charge is 0.345 e. The minimum Gasteiger partial charge on any atom is -0.404 e. The van der Waals surface area contributed by atoms with E-state index in [4.69, 9.17) is 15.9 Å². The molecule has 0 fully saturated rings. The first-order valence-electron chi connectivity index (χ1n) is 9.88. The molecular weight excluding hydrogens is 420 g/mol. The summed E-state index contributed by atoms with van der Waals surface area (Å²) in [6.45, 7) is 0. The Hall–Kier alpha value is -4.83. The molecule has 0 spiro atoms. The lowest BCUT2D eigenvalue weighted by Crippen LogP contribution is -2.06. The fourth-order valence-corrected chi connectivity index (χ4v) is 3.67. The molecule has 3 aromatic carbocycles. The molecule has 0 aromatic heterocycles. The van der Waals surface area contributed by atoms with Crippen LogP contribution in [0.25, 0.3) is 0 Å². The number of nitrogens with zero attached hydrogens (tertiary/aromatic N) is 2. The molecule has 7 nitrogen and oxygen atoms in total. The highest BCUT2D eigenvalue weighted by molar-refractivity contribution is 6.21. The lowest BCUT2D eigenvalue weighted by atomic mass is 9.96. The van der Waals surface area contributed by atoms with Crippen LogP contribution in [-0.4, -0.2) is 36.6 Å². The van der Waals surface area contributed by atoms with Crippen molar-refractivity contribution < 1.29 is 23.9 Å². The first-order chi connectivity index (χ1) is 16.0. The minimum atomic E-state index is -0.548. The topological polar surface area (TPSA) is 94.4 Å². The molecule has 2 heterocycles. The van der Waals surface area contributed by atoms with Gasteiger partial charge in [0.2, 0.25) is 11.8 Å². The van der Waals surface area contributed by atoms with Crippen LogP contribution < -0.4 is 0 Å². The van der Waals surface area contributed by atoms with Crippen LogP contribution in [0.15, 0.2) is 70.6 Å². The van der Waals surface area contributed by atoms with E-state index in [1.54, 1.807) is 48.5 Å². The van der Waals surface area contributed by atoms with E-state index < -0.39 is 11.9 Å². The Kier molecular flexibility index (Phi) is 4.69. The van der Waals surface area contributed by atoms with E-state index >= 15 is 0 Å². The summed E-state index contributed by atoms with van der Waals surface area (Å²) < 4.78 is 10.4. The number of esters is 2. The standard InChI is InChI=1S/C26H14N2O5/c1-3-14-5-4-6-17(11-14)28-24-21-13-16(8-10-19(21)26(31)33-24)22(29)15-7-9-18-20(12-15)23(27-2)32-25(18)30/h1,4-13H,2H3/b27-23-,28-24-. The fraction of sp³-hybridized carbons (Fsp3) is 0.0385. The van der Waals surface area contributed by atoms with Crippen LogP contribution in [0.2, 0.25) is 0 Å². The van der Waals surface area contributed by atoms with Gasteiger partial charge in [0.25, 0.3) is 0 Å². The lowest BCUT2D eigenvalue weighted by molar-refractivity contribution is 0.0727. The summed E-state index contributed by atoms with van der Waals surface area (Å²) in [5, 5.41) is 0. The van der Waals surface area contributed by atoms with Gasteiger partial charge in [0, 0.05) is 23.7 Å². The van der Waals surface area contributed by atoms with E-state index in [-0.39, 0.29) is 17.6 Å². The molecule has 0 unspecified atom stereocenters. The summed E-state index contributed by atoms with van der Waals surface area (Å²) in [7, 11) is 1.50. The number of aliphatic imine (C=N–C) groups is 2. The molecule has 7 heteroatoms. The van der Waals surface area contributed by atoms with Gasteiger partial charge >= 0.3 is 11.9 Å². The molecule has 5 rings (SSSR count). The van der Waals surface area contributed by atoms with Crippen LogP contribution in [0, 0.1) is 12.3 Å². The van der Waals surface area contributed by atoms with Gasteiger partial charge in [0.15, 0.2) is 5.78 Å². The second-order valence-corrected chi connectivity index (χ2v) is 7.27. The number of ketones is 1. The van der Waals surface area contributed by atoms with E-state index in [0.29, 0.717) is 44.6 Å². The van der Waals surface area contributed by atoms with Gasteiger partial charge in [-0.05, 0) is 42.5 Å². The lowest BCUT2D eigenvalue weighted by Gasteiger charge is -2.05. The zero-order valence-electron chi connectivity index (χ0n) is 17.3. The second kappa shape index (κ2) is 7.70.